The molecular formula is C12H7BrClFO. The summed E-state index contributed by atoms with van der Waals surface area (Å²) in [6, 6.07) is 11.1. The molecular weight excluding hydrogens is 294 g/mol. The zero-order chi connectivity index (χ0) is 11.5. The molecule has 0 heterocycles. The highest BCUT2D eigenvalue weighted by Gasteiger charge is 2.03. The third-order valence-electron chi connectivity index (χ3n) is 1.93. The van der Waals surface area contributed by atoms with Crippen molar-refractivity contribution in [2.45, 2.75) is 0 Å². The second-order valence-corrected chi connectivity index (χ2v) is 4.45. The average molecular weight is 302 g/mol. The van der Waals surface area contributed by atoms with E-state index in [0.717, 1.165) is 4.47 Å². The van der Waals surface area contributed by atoms with E-state index >= 15 is 0 Å². The van der Waals surface area contributed by atoms with Crippen LogP contribution in [0.15, 0.2) is 46.9 Å². The summed E-state index contributed by atoms with van der Waals surface area (Å²) in [5.41, 5.74) is 0. The summed E-state index contributed by atoms with van der Waals surface area (Å²) in [5.74, 6) is 0.775. The van der Waals surface area contributed by atoms with E-state index < -0.39 is 0 Å². The van der Waals surface area contributed by atoms with Gasteiger partial charge in [0.2, 0.25) is 0 Å². The minimum absolute atomic E-state index is 0.298. The molecule has 0 spiro atoms. The van der Waals surface area contributed by atoms with Crippen LogP contribution in [0, 0.1) is 5.82 Å². The van der Waals surface area contributed by atoms with E-state index in [9.17, 15) is 4.39 Å². The summed E-state index contributed by atoms with van der Waals surface area (Å²) in [7, 11) is 0. The lowest BCUT2D eigenvalue weighted by Gasteiger charge is -2.07. The summed E-state index contributed by atoms with van der Waals surface area (Å²) in [4.78, 5) is 0. The average Bonchev–Trinajstić information content (AvgIpc) is 2.27. The minimum Gasteiger partial charge on any atom is -0.456 e. The lowest BCUT2D eigenvalue weighted by atomic mass is 10.3. The second kappa shape index (κ2) is 4.85. The summed E-state index contributed by atoms with van der Waals surface area (Å²) < 4.78 is 19.1. The van der Waals surface area contributed by atoms with Crippen molar-refractivity contribution >= 4 is 27.5 Å². The van der Waals surface area contributed by atoms with Gasteiger partial charge in [0.1, 0.15) is 17.3 Å². The first-order chi connectivity index (χ1) is 7.65. The number of rotatable bonds is 2. The van der Waals surface area contributed by atoms with Gasteiger partial charge >= 0.3 is 0 Å². The number of halogens is 3. The Morgan fingerprint density at radius 3 is 2.44 bits per heavy atom. The molecule has 4 heteroatoms. The Labute approximate surface area is 106 Å². The largest absolute Gasteiger partial charge is 0.456 e. The topological polar surface area (TPSA) is 9.23 Å². The molecule has 2 rings (SSSR count). The van der Waals surface area contributed by atoms with Crippen LogP contribution in [0.1, 0.15) is 0 Å². The molecule has 16 heavy (non-hydrogen) atoms. The van der Waals surface area contributed by atoms with E-state index in [4.69, 9.17) is 16.3 Å². The SMILES string of the molecule is Fc1ccc(Oc2cc(Br)ccc2Cl)cc1. The second-order valence-electron chi connectivity index (χ2n) is 3.13. The first kappa shape index (κ1) is 11.4. The van der Waals surface area contributed by atoms with Crippen molar-refractivity contribution < 1.29 is 9.13 Å². The van der Waals surface area contributed by atoms with Gasteiger partial charge in [0.15, 0.2) is 0 Å². The maximum atomic E-state index is 12.7. The Morgan fingerprint density at radius 2 is 1.75 bits per heavy atom. The summed E-state index contributed by atoms with van der Waals surface area (Å²) in [6.45, 7) is 0. The lowest BCUT2D eigenvalue weighted by Crippen LogP contribution is -1.85. The van der Waals surface area contributed by atoms with Crippen LogP contribution in [0.5, 0.6) is 11.5 Å². The van der Waals surface area contributed by atoms with Crippen LogP contribution >= 0.6 is 27.5 Å². The zero-order valence-corrected chi connectivity index (χ0v) is 10.4. The third-order valence-corrected chi connectivity index (χ3v) is 2.74. The Kier molecular flexibility index (Phi) is 3.46. The Bertz CT molecular complexity index is 499. The van der Waals surface area contributed by atoms with E-state index in [0.29, 0.717) is 16.5 Å². The minimum atomic E-state index is -0.298. The highest BCUT2D eigenvalue weighted by molar-refractivity contribution is 9.10. The van der Waals surface area contributed by atoms with Crippen LogP contribution in [0.2, 0.25) is 5.02 Å². The van der Waals surface area contributed by atoms with Gasteiger partial charge in [-0.05, 0) is 42.5 Å². The van der Waals surface area contributed by atoms with Crippen molar-refractivity contribution in [2.24, 2.45) is 0 Å². The molecule has 0 aliphatic heterocycles. The van der Waals surface area contributed by atoms with Crippen molar-refractivity contribution in [3.05, 3.63) is 57.8 Å². The molecule has 0 saturated carbocycles. The zero-order valence-electron chi connectivity index (χ0n) is 8.08. The number of benzene rings is 2. The van der Waals surface area contributed by atoms with Crippen LogP contribution in [0.25, 0.3) is 0 Å². The molecule has 82 valence electrons. The fourth-order valence-electron chi connectivity index (χ4n) is 1.19. The van der Waals surface area contributed by atoms with Crippen LogP contribution in [0.3, 0.4) is 0 Å². The van der Waals surface area contributed by atoms with Crippen LogP contribution in [-0.2, 0) is 0 Å². The number of ether oxygens (including phenoxy) is 1. The van der Waals surface area contributed by atoms with Crippen molar-refractivity contribution in [1.29, 1.82) is 0 Å². The van der Waals surface area contributed by atoms with E-state index in [-0.39, 0.29) is 5.82 Å². The van der Waals surface area contributed by atoms with Gasteiger partial charge in [0.05, 0.1) is 5.02 Å². The summed E-state index contributed by atoms with van der Waals surface area (Å²) in [6.07, 6.45) is 0. The Morgan fingerprint density at radius 1 is 1.06 bits per heavy atom. The molecule has 1 nitrogen and oxygen atoms in total. The van der Waals surface area contributed by atoms with E-state index in [2.05, 4.69) is 15.9 Å². The van der Waals surface area contributed by atoms with E-state index in [1.54, 1.807) is 24.3 Å². The van der Waals surface area contributed by atoms with Gasteiger partial charge in [-0.2, -0.15) is 0 Å². The molecule has 0 saturated heterocycles. The predicted octanol–water partition coefficient (Wildman–Crippen LogP) is 5.03. The molecule has 0 aromatic heterocycles. The maximum Gasteiger partial charge on any atom is 0.147 e. The first-order valence-electron chi connectivity index (χ1n) is 4.53. The molecule has 0 bridgehead atoms. The Balaban J connectivity index is 2.26. The monoisotopic (exact) mass is 300 g/mol. The molecule has 0 aliphatic rings. The van der Waals surface area contributed by atoms with Gasteiger partial charge in [-0.25, -0.2) is 4.39 Å². The fraction of sp³-hybridized carbons (Fsp3) is 0. The van der Waals surface area contributed by atoms with Crippen molar-refractivity contribution in [3.8, 4) is 11.5 Å². The van der Waals surface area contributed by atoms with Gasteiger partial charge in [-0.1, -0.05) is 27.5 Å². The normalized spacial score (nSPS) is 10.2. The first-order valence-corrected chi connectivity index (χ1v) is 5.71. The Hall–Kier alpha value is -1.06. The smallest absolute Gasteiger partial charge is 0.147 e. The molecule has 0 radical (unpaired) electrons. The van der Waals surface area contributed by atoms with Gasteiger partial charge in [0, 0.05) is 4.47 Å². The summed E-state index contributed by atoms with van der Waals surface area (Å²) >= 11 is 9.28. The van der Waals surface area contributed by atoms with Crippen LogP contribution in [0.4, 0.5) is 4.39 Å². The highest BCUT2D eigenvalue weighted by atomic mass is 79.9. The quantitative estimate of drug-likeness (QED) is 0.755. The third kappa shape index (κ3) is 2.74. The molecule has 0 unspecified atom stereocenters. The molecule has 0 atom stereocenters. The predicted molar refractivity (Wildman–Crippen MR) is 65.6 cm³/mol. The van der Waals surface area contributed by atoms with E-state index in [1.807, 2.05) is 6.07 Å². The highest BCUT2D eigenvalue weighted by Crippen LogP contribution is 2.31. The van der Waals surface area contributed by atoms with Crippen molar-refractivity contribution in [3.63, 3.8) is 0 Å². The molecule has 0 amide bonds. The van der Waals surface area contributed by atoms with Crippen molar-refractivity contribution in [1.82, 2.24) is 0 Å². The lowest BCUT2D eigenvalue weighted by molar-refractivity contribution is 0.480. The van der Waals surface area contributed by atoms with E-state index in [1.165, 1.54) is 12.1 Å². The fourth-order valence-corrected chi connectivity index (χ4v) is 1.68. The number of hydrogen-bond acceptors (Lipinski definition) is 1. The molecule has 0 fully saturated rings. The molecule has 2 aromatic carbocycles. The standard InChI is InChI=1S/C12H7BrClFO/c13-8-1-6-11(14)12(7-8)16-10-4-2-9(15)3-5-10/h1-7H. The van der Waals surface area contributed by atoms with Gasteiger partial charge in [0.25, 0.3) is 0 Å². The molecule has 0 aliphatic carbocycles. The van der Waals surface area contributed by atoms with Crippen LogP contribution in [-0.4, -0.2) is 0 Å². The van der Waals surface area contributed by atoms with Crippen LogP contribution < -0.4 is 4.74 Å². The molecule has 0 N–H and O–H groups in total. The van der Waals surface area contributed by atoms with Crippen molar-refractivity contribution in [2.75, 3.05) is 0 Å². The maximum absolute atomic E-state index is 12.7. The summed E-state index contributed by atoms with van der Waals surface area (Å²) in [5, 5.41) is 0.507. The van der Waals surface area contributed by atoms with Gasteiger partial charge in [-0.15, -0.1) is 0 Å². The molecule has 2 aromatic rings. The number of hydrogen-bond donors (Lipinski definition) is 0. The van der Waals surface area contributed by atoms with Gasteiger partial charge < -0.3 is 4.74 Å². The van der Waals surface area contributed by atoms with Gasteiger partial charge in [-0.3, -0.25) is 0 Å².